The van der Waals surface area contributed by atoms with E-state index in [1.165, 1.54) is 17.7 Å². The summed E-state index contributed by atoms with van der Waals surface area (Å²) in [5.74, 6) is -0.406. The van der Waals surface area contributed by atoms with Gasteiger partial charge in [-0.25, -0.2) is 8.42 Å². The molecule has 0 unspecified atom stereocenters. The van der Waals surface area contributed by atoms with Crippen LogP contribution < -0.4 is 10.2 Å². The number of anilines is 1. The molecule has 0 aliphatic heterocycles. The number of nitrogens with zero attached hydrogens (tertiary/aromatic N) is 2. The average Bonchev–Trinajstić information content (AvgIpc) is 2.82. The number of aryl methyl sites for hydroxylation is 1. The first-order valence-electron chi connectivity index (χ1n) is 10.4. The van der Waals surface area contributed by atoms with Crippen molar-refractivity contribution < 1.29 is 13.2 Å². The van der Waals surface area contributed by atoms with Gasteiger partial charge in [0.05, 0.1) is 4.90 Å². The Morgan fingerprint density at radius 1 is 0.848 bits per heavy atom. The van der Waals surface area contributed by atoms with Gasteiger partial charge in [0, 0.05) is 24.0 Å². The van der Waals surface area contributed by atoms with Gasteiger partial charge in [0.25, 0.3) is 15.9 Å². The minimum absolute atomic E-state index is 0.169. The summed E-state index contributed by atoms with van der Waals surface area (Å²) in [7, 11) is -3.69. The van der Waals surface area contributed by atoms with E-state index >= 15 is 0 Å². The molecule has 0 spiro atoms. The number of sulfonamides is 1. The van der Waals surface area contributed by atoms with Gasteiger partial charge in [0.1, 0.15) is 5.49 Å². The van der Waals surface area contributed by atoms with Crippen molar-refractivity contribution in [2.24, 2.45) is 4.99 Å². The van der Waals surface area contributed by atoms with Crippen LogP contribution in [0.3, 0.4) is 0 Å². The van der Waals surface area contributed by atoms with Crippen LogP contribution in [0.4, 0.5) is 5.69 Å². The summed E-state index contributed by atoms with van der Waals surface area (Å²) in [6, 6.07) is 28.0. The fourth-order valence-electron chi connectivity index (χ4n) is 3.26. The highest BCUT2D eigenvalue weighted by atomic mass is 32.2. The summed E-state index contributed by atoms with van der Waals surface area (Å²) >= 11 is 0. The van der Waals surface area contributed by atoms with Crippen LogP contribution >= 0.6 is 0 Å². The smallest absolute Gasteiger partial charge is 0.278 e. The Bertz CT molecular complexity index is 1420. The van der Waals surface area contributed by atoms with Gasteiger partial charge in [-0.05, 0) is 61.0 Å². The Hall–Kier alpha value is -3.97. The molecule has 0 aliphatic rings. The van der Waals surface area contributed by atoms with Crippen LogP contribution in [0.5, 0.6) is 0 Å². The SMILES string of the molecule is Cc1ccc(Cn2ccccc2=NC(=O)c2ccc(NS(=O)(=O)c3ccccc3)cc2)cc1. The number of nitrogens with one attached hydrogen (secondary N) is 1. The number of pyridine rings is 1. The normalized spacial score (nSPS) is 11.8. The van der Waals surface area contributed by atoms with Crippen LogP contribution in [0.2, 0.25) is 0 Å². The van der Waals surface area contributed by atoms with E-state index in [1.54, 1.807) is 48.5 Å². The van der Waals surface area contributed by atoms with Crippen LogP contribution in [-0.2, 0) is 16.6 Å². The van der Waals surface area contributed by atoms with Crippen molar-refractivity contribution in [2.75, 3.05) is 4.72 Å². The zero-order chi connectivity index (χ0) is 23.3. The minimum atomic E-state index is -3.69. The van der Waals surface area contributed by atoms with E-state index < -0.39 is 15.9 Å². The van der Waals surface area contributed by atoms with Crippen molar-refractivity contribution in [3.05, 3.63) is 125 Å². The summed E-state index contributed by atoms with van der Waals surface area (Å²) < 4.78 is 29.4. The molecule has 1 N–H and O–H groups in total. The number of aromatic nitrogens is 1. The summed E-state index contributed by atoms with van der Waals surface area (Å²) in [6.07, 6.45) is 1.88. The third-order valence-electron chi connectivity index (χ3n) is 5.04. The van der Waals surface area contributed by atoms with E-state index in [9.17, 15) is 13.2 Å². The molecule has 0 saturated heterocycles. The third kappa shape index (κ3) is 5.64. The Morgan fingerprint density at radius 3 is 2.21 bits per heavy atom. The highest BCUT2D eigenvalue weighted by Crippen LogP contribution is 2.16. The lowest BCUT2D eigenvalue weighted by Gasteiger charge is -2.09. The van der Waals surface area contributed by atoms with Gasteiger partial charge < -0.3 is 4.57 Å². The zero-order valence-corrected chi connectivity index (χ0v) is 18.9. The maximum absolute atomic E-state index is 12.8. The Kier molecular flexibility index (Phi) is 6.51. The first-order valence-corrected chi connectivity index (χ1v) is 11.9. The van der Waals surface area contributed by atoms with Crippen LogP contribution in [0.15, 0.2) is 113 Å². The van der Waals surface area contributed by atoms with Crippen molar-refractivity contribution in [3.63, 3.8) is 0 Å². The molecule has 1 amide bonds. The third-order valence-corrected chi connectivity index (χ3v) is 6.44. The first kappa shape index (κ1) is 22.2. The first-order chi connectivity index (χ1) is 15.9. The summed E-state index contributed by atoms with van der Waals surface area (Å²) in [4.78, 5) is 17.2. The molecule has 1 heterocycles. The molecule has 4 aromatic rings. The average molecular weight is 458 g/mol. The van der Waals surface area contributed by atoms with Crippen molar-refractivity contribution in [3.8, 4) is 0 Å². The highest BCUT2D eigenvalue weighted by Gasteiger charge is 2.14. The fraction of sp³-hybridized carbons (Fsp3) is 0.0769. The van der Waals surface area contributed by atoms with Crippen LogP contribution in [0.25, 0.3) is 0 Å². The Balaban J connectivity index is 1.53. The van der Waals surface area contributed by atoms with Gasteiger partial charge in [-0.2, -0.15) is 4.99 Å². The molecule has 0 radical (unpaired) electrons. The predicted molar refractivity (Wildman–Crippen MR) is 128 cm³/mol. The number of hydrogen-bond acceptors (Lipinski definition) is 3. The molecule has 7 heteroatoms. The maximum Gasteiger partial charge on any atom is 0.278 e. The van der Waals surface area contributed by atoms with Gasteiger partial charge in [0.2, 0.25) is 0 Å². The molecule has 0 bridgehead atoms. The molecule has 3 aromatic carbocycles. The summed E-state index contributed by atoms with van der Waals surface area (Å²) in [6.45, 7) is 2.63. The van der Waals surface area contributed by atoms with Gasteiger partial charge in [-0.3, -0.25) is 9.52 Å². The molecule has 33 heavy (non-hydrogen) atoms. The minimum Gasteiger partial charge on any atom is -0.328 e. The quantitative estimate of drug-likeness (QED) is 0.466. The van der Waals surface area contributed by atoms with Crippen molar-refractivity contribution in [1.82, 2.24) is 4.57 Å². The molecule has 0 fully saturated rings. The summed E-state index contributed by atoms with van der Waals surface area (Å²) in [5.41, 5.74) is 3.56. The maximum atomic E-state index is 12.8. The lowest BCUT2D eigenvalue weighted by molar-refractivity contribution is 0.0997. The standard InChI is InChI=1S/C26H23N3O3S/c1-20-10-12-21(13-11-20)19-29-18-6-5-9-25(29)27-26(30)22-14-16-23(17-15-22)28-33(31,32)24-7-3-2-4-8-24/h2-18,28H,19H2,1H3. The highest BCUT2D eigenvalue weighted by molar-refractivity contribution is 7.92. The van der Waals surface area contributed by atoms with Crippen molar-refractivity contribution >= 4 is 21.6 Å². The van der Waals surface area contributed by atoms with Crippen LogP contribution in [0.1, 0.15) is 21.5 Å². The molecule has 6 nitrogen and oxygen atoms in total. The number of rotatable bonds is 6. The lowest BCUT2D eigenvalue weighted by Crippen LogP contribution is -2.22. The molecular weight excluding hydrogens is 434 g/mol. The van der Waals surface area contributed by atoms with Crippen molar-refractivity contribution in [1.29, 1.82) is 0 Å². The summed E-state index contributed by atoms with van der Waals surface area (Å²) in [5, 5.41) is 0. The Labute approximate surface area is 192 Å². The van der Waals surface area contributed by atoms with E-state index in [0.29, 0.717) is 23.3 Å². The molecule has 0 aliphatic carbocycles. The molecule has 166 valence electrons. The van der Waals surface area contributed by atoms with E-state index in [-0.39, 0.29) is 4.90 Å². The molecular formula is C26H23N3O3S. The second-order valence-electron chi connectivity index (χ2n) is 7.59. The van der Waals surface area contributed by atoms with Crippen LogP contribution in [0, 0.1) is 6.92 Å². The van der Waals surface area contributed by atoms with Gasteiger partial charge in [-0.15, -0.1) is 0 Å². The number of hydrogen-bond donors (Lipinski definition) is 1. The second kappa shape index (κ2) is 9.67. The van der Waals surface area contributed by atoms with Gasteiger partial charge in [-0.1, -0.05) is 54.1 Å². The van der Waals surface area contributed by atoms with Gasteiger partial charge >= 0.3 is 0 Å². The second-order valence-corrected chi connectivity index (χ2v) is 9.27. The molecule has 4 rings (SSSR count). The fourth-order valence-corrected chi connectivity index (χ4v) is 4.34. The van der Waals surface area contributed by atoms with E-state index in [4.69, 9.17) is 0 Å². The van der Waals surface area contributed by atoms with E-state index in [2.05, 4.69) is 21.8 Å². The van der Waals surface area contributed by atoms with Crippen molar-refractivity contribution in [2.45, 2.75) is 18.4 Å². The number of carbonyl (C=O) groups is 1. The monoisotopic (exact) mass is 457 g/mol. The van der Waals surface area contributed by atoms with E-state index in [1.807, 2.05) is 42.0 Å². The number of carbonyl (C=O) groups excluding carboxylic acids is 1. The number of amides is 1. The lowest BCUT2D eigenvalue weighted by atomic mass is 10.1. The van der Waals surface area contributed by atoms with Gasteiger partial charge in [0.15, 0.2) is 0 Å². The number of benzene rings is 3. The molecule has 1 aromatic heterocycles. The predicted octanol–water partition coefficient (Wildman–Crippen LogP) is 4.39. The van der Waals surface area contributed by atoms with E-state index in [0.717, 1.165) is 5.56 Å². The molecule has 0 atom stereocenters. The zero-order valence-electron chi connectivity index (χ0n) is 18.0. The van der Waals surface area contributed by atoms with Crippen LogP contribution in [-0.4, -0.2) is 18.9 Å². The largest absolute Gasteiger partial charge is 0.328 e. The molecule has 0 saturated carbocycles. The Morgan fingerprint density at radius 2 is 1.52 bits per heavy atom. The topological polar surface area (TPSA) is 80.5 Å².